The van der Waals surface area contributed by atoms with Crippen LogP contribution < -0.4 is 10.2 Å². The summed E-state index contributed by atoms with van der Waals surface area (Å²) in [6.45, 7) is 4.62. The van der Waals surface area contributed by atoms with Crippen molar-refractivity contribution in [2.45, 2.75) is 244 Å². The van der Waals surface area contributed by atoms with Crippen molar-refractivity contribution in [3.05, 3.63) is 36.5 Å². The fourth-order valence-electron chi connectivity index (χ4n) is 7.28. The monoisotopic (exact) mass is 867 g/mol. The number of likely N-dealkylation sites (N-methyl/N-ethyl adjacent to an activating group) is 1. The number of nitrogens with one attached hydrogen (secondary N) is 1. The number of allylic oxidation sites excluding steroid dienone is 5. The van der Waals surface area contributed by atoms with Crippen molar-refractivity contribution in [3.63, 3.8) is 0 Å². The van der Waals surface area contributed by atoms with Crippen LogP contribution in [-0.2, 0) is 18.4 Å². The molecule has 0 aliphatic heterocycles. The quantitative estimate of drug-likeness (QED) is 0.0273. The van der Waals surface area contributed by atoms with E-state index in [0.29, 0.717) is 17.4 Å². The lowest BCUT2D eigenvalue weighted by Crippen LogP contribution is -2.45. The van der Waals surface area contributed by atoms with Crippen LogP contribution >= 0.6 is 7.82 Å². The van der Waals surface area contributed by atoms with Gasteiger partial charge in [0.05, 0.1) is 39.9 Å². The van der Waals surface area contributed by atoms with E-state index in [1.54, 1.807) is 6.08 Å². The van der Waals surface area contributed by atoms with Crippen molar-refractivity contribution in [2.75, 3.05) is 40.9 Å². The number of rotatable bonds is 46. The molecule has 354 valence electrons. The molecule has 1 amide bonds. The molecule has 60 heavy (non-hydrogen) atoms. The Hall–Kier alpha value is -1.28. The number of aliphatic hydroxyl groups excluding tert-OH is 1. The number of unbranched alkanes of at least 4 members (excludes halogenated alkanes) is 29. The predicted molar refractivity (Wildman–Crippen MR) is 256 cm³/mol. The Morgan fingerprint density at radius 3 is 1.37 bits per heavy atom. The Labute approximate surface area is 372 Å². The zero-order valence-corrected chi connectivity index (χ0v) is 41.1. The predicted octanol–water partition coefficient (Wildman–Crippen LogP) is 14.0. The van der Waals surface area contributed by atoms with E-state index < -0.39 is 26.6 Å². The summed E-state index contributed by atoms with van der Waals surface area (Å²) in [6, 6.07) is -0.904. The summed E-state index contributed by atoms with van der Waals surface area (Å²) in [5, 5.41) is 13.8. The molecule has 3 atom stereocenters. The Bertz CT molecular complexity index is 1070. The number of quaternary nitrogens is 1. The number of hydrogen-bond acceptors (Lipinski definition) is 6. The number of phosphoric acid groups is 1. The maximum atomic E-state index is 12.9. The van der Waals surface area contributed by atoms with Gasteiger partial charge in [-0.1, -0.05) is 204 Å². The van der Waals surface area contributed by atoms with Gasteiger partial charge in [0.1, 0.15) is 13.2 Å². The first-order valence-corrected chi connectivity index (χ1v) is 26.8. The van der Waals surface area contributed by atoms with Crippen LogP contribution in [-0.4, -0.2) is 68.5 Å². The molecule has 0 aromatic heterocycles. The highest BCUT2D eigenvalue weighted by molar-refractivity contribution is 7.45. The molecule has 0 spiro atoms. The number of carbonyl (C=O) groups is 1. The smallest absolute Gasteiger partial charge is 0.268 e. The van der Waals surface area contributed by atoms with Gasteiger partial charge in [-0.25, -0.2) is 0 Å². The van der Waals surface area contributed by atoms with Crippen LogP contribution in [0.3, 0.4) is 0 Å². The summed E-state index contributed by atoms with van der Waals surface area (Å²) in [4.78, 5) is 25.4. The molecule has 0 fully saturated rings. The summed E-state index contributed by atoms with van der Waals surface area (Å²) in [7, 11) is 1.24. The van der Waals surface area contributed by atoms with Crippen molar-refractivity contribution in [1.29, 1.82) is 0 Å². The molecule has 0 saturated carbocycles. The van der Waals surface area contributed by atoms with Crippen molar-refractivity contribution >= 4 is 13.7 Å². The minimum Gasteiger partial charge on any atom is -0.756 e. The average Bonchev–Trinajstić information content (AvgIpc) is 3.20. The second-order valence-corrected chi connectivity index (χ2v) is 19.9. The summed E-state index contributed by atoms with van der Waals surface area (Å²) in [5.41, 5.74) is 0. The van der Waals surface area contributed by atoms with E-state index in [2.05, 4.69) is 43.5 Å². The zero-order valence-electron chi connectivity index (χ0n) is 40.2. The third kappa shape index (κ3) is 44.8. The molecule has 0 rings (SSSR count). The third-order valence-corrected chi connectivity index (χ3v) is 12.3. The molecule has 0 bridgehead atoms. The molecule has 0 aromatic carbocycles. The maximum absolute atomic E-state index is 12.9. The van der Waals surface area contributed by atoms with E-state index in [0.717, 1.165) is 38.5 Å². The van der Waals surface area contributed by atoms with E-state index in [1.165, 1.54) is 173 Å². The first kappa shape index (κ1) is 58.7. The van der Waals surface area contributed by atoms with Crippen LogP contribution in [0.25, 0.3) is 0 Å². The Balaban J connectivity index is 4.34. The van der Waals surface area contributed by atoms with Crippen molar-refractivity contribution < 1.29 is 32.9 Å². The van der Waals surface area contributed by atoms with Crippen molar-refractivity contribution in [3.8, 4) is 0 Å². The van der Waals surface area contributed by atoms with Crippen LogP contribution in [0.2, 0.25) is 0 Å². The molecule has 3 unspecified atom stereocenters. The minimum absolute atomic E-state index is 0.00692. The third-order valence-electron chi connectivity index (χ3n) is 11.3. The Morgan fingerprint density at radius 1 is 0.567 bits per heavy atom. The maximum Gasteiger partial charge on any atom is 0.268 e. The van der Waals surface area contributed by atoms with Gasteiger partial charge in [-0.05, 0) is 57.8 Å². The van der Waals surface area contributed by atoms with E-state index >= 15 is 0 Å². The van der Waals surface area contributed by atoms with Gasteiger partial charge in [0.15, 0.2) is 0 Å². The number of nitrogens with zero attached hydrogens (tertiary/aromatic N) is 1. The number of phosphoric ester groups is 1. The van der Waals surface area contributed by atoms with Gasteiger partial charge in [0.25, 0.3) is 7.82 Å². The second kappa shape index (κ2) is 43.0. The van der Waals surface area contributed by atoms with E-state index in [9.17, 15) is 19.4 Å². The SMILES string of the molecule is CCCCCC/C=C\CCCCCCCCCC(=O)NC(COP(=O)([O-])OCC[N+](C)(C)C)C(O)/C=C/CC/C=C/CCCCCCCCCCCCCCCCCCC. The molecular formula is C51H99N2O6P. The lowest BCUT2D eigenvalue weighted by atomic mass is 10.0. The van der Waals surface area contributed by atoms with E-state index in [1.807, 2.05) is 27.2 Å². The summed E-state index contributed by atoms with van der Waals surface area (Å²) in [5.74, 6) is -0.212. The number of aliphatic hydroxyl groups is 1. The Kier molecular flexibility index (Phi) is 42.1. The lowest BCUT2D eigenvalue weighted by Gasteiger charge is -2.29. The van der Waals surface area contributed by atoms with Crippen molar-refractivity contribution in [1.82, 2.24) is 5.32 Å². The normalized spacial score (nSPS) is 14.4. The molecule has 0 aliphatic rings. The number of carbonyl (C=O) groups excluding carboxylic acids is 1. The van der Waals surface area contributed by atoms with E-state index in [4.69, 9.17) is 9.05 Å². The van der Waals surface area contributed by atoms with Gasteiger partial charge in [-0.3, -0.25) is 9.36 Å². The van der Waals surface area contributed by atoms with E-state index in [-0.39, 0.29) is 12.5 Å². The number of amides is 1. The number of hydrogen-bond donors (Lipinski definition) is 2. The zero-order chi connectivity index (χ0) is 44.3. The van der Waals surface area contributed by atoms with Crippen LogP contribution in [0.15, 0.2) is 36.5 Å². The summed E-state index contributed by atoms with van der Waals surface area (Å²) >= 11 is 0. The van der Waals surface area contributed by atoms with Gasteiger partial charge < -0.3 is 28.8 Å². The first-order valence-electron chi connectivity index (χ1n) is 25.4. The molecule has 9 heteroatoms. The second-order valence-electron chi connectivity index (χ2n) is 18.5. The minimum atomic E-state index is -4.60. The molecular weight excluding hydrogens is 768 g/mol. The van der Waals surface area contributed by atoms with Gasteiger partial charge in [0.2, 0.25) is 5.91 Å². The Morgan fingerprint density at radius 2 is 0.933 bits per heavy atom. The van der Waals surface area contributed by atoms with Crippen molar-refractivity contribution in [2.24, 2.45) is 0 Å². The molecule has 0 heterocycles. The summed E-state index contributed by atoms with van der Waals surface area (Å²) < 4.78 is 23.2. The molecule has 0 aromatic rings. The standard InChI is InChI=1S/C51H99N2O6P/c1-6-8-10-12-14-16-18-20-22-23-24-25-26-27-28-29-31-32-34-36-38-40-42-44-50(54)49(48-59-60(56,57)58-47-46-53(3,4)5)52-51(55)45-43-41-39-37-35-33-30-21-19-17-15-13-11-9-7-2/h17,19,34,36,42,44,49-50,54H,6-16,18,20-33,35,37-41,43,45-48H2,1-5H3,(H-,52,55,56,57)/b19-17-,36-34+,44-42+. The average molecular weight is 867 g/mol. The van der Waals surface area contributed by atoms with Gasteiger partial charge in [0, 0.05) is 6.42 Å². The highest BCUT2D eigenvalue weighted by atomic mass is 31.2. The highest BCUT2D eigenvalue weighted by Crippen LogP contribution is 2.38. The van der Waals surface area contributed by atoms with Crippen LogP contribution in [0, 0.1) is 0 Å². The molecule has 2 N–H and O–H groups in total. The highest BCUT2D eigenvalue weighted by Gasteiger charge is 2.23. The fraction of sp³-hybridized carbons (Fsp3) is 0.863. The van der Waals surface area contributed by atoms with Gasteiger partial charge in [-0.15, -0.1) is 0 Å². The van der Waals surface area contributed by atoms with Gasteiger partial charge in [-0.2, -0.15) is 0 Å². The topological polar surface area (TPSA) is 108 Å². The summed E-state index contributed by atoms with van der Waals surface area (Å²) in [6.07, 6.45) is 53.5. The van der Waals surface area contributed by atoms with Crippen LogP contribution in [0.4, 0.5) is 0 Å². The lowest BCUT2D eigenvalue weighted by molar-refractivity contribution is -0.870. The van der Waals surface area contributed by atoms with Crippen LogP contribution in [0.5, 0.6) is 0 Å². The van der Waals surface area contributed by atoms with Gasteiger partial charge >= 0.3 is 0 Å². The molecule has 0 saturated heterocycles. The fourth-order valence-corrected chi connectivity index (χ4v) is 8.00. The van der Waals surface area contributed by atoms with Crippen LogP contribution in [0.1, 0.15) is 232 Å². The molecule has 0 radical (unpaired) electrons. The molecule has 0 aliphatic carbocycles. The largest absolute Gasteiger partial charge is 0.756 e. The molecule has 8 nitrogen and oxygen atoms in total. The first-order chi connectivity index (χ1) is 29.0.